The number of carbonyl (C=O) groups excluding carboxylic acids is 1. The summed E-state index contributed by atoms with van der Waals surface area (Å²) in [4.78, 5) is 15.8. The van der Waals surface area contributed by atoms with Gasteiger partial charge in [-0.3, -0.25) is 10.1 Å². The summed E-state index contributed by atoms with van der Waals surface area (Å²) in [5, 5.41) is 3.23. The van der Waals surface area contributed by atoms with Crippen molar-refractivity contribution in [3.05, 3.63) is 64.7 Å². The predicted octanol–water partition coefficient (Wildman–Crippen LogP) is 4.88. The minimum Gasteiger partial charge on any atom is -0.298 e. The van der Waals surface area contributed by atoms with Gasteiger partial charge in [-0.05, 0) is 23.8 Å². The Morgan fingerprint density at radius 3 is 2.83 bits per heavy atom. The minimum atomic E-state index is -0.761. The zero-order chi connectivity index (χ0) is 16.4. The van der Waals surface area contributed by atoms with Gasteiger partial charge < -0.3 is 0 Å². The molecule has 0 unspecified atom stereocenters. The number of hydrogen-bond acceptors (Lipinski definition) is 3. The van der Waals surface area contributed by atoms with Crippen LogP contribution < -0.4 is 5.32 Å². The van der Waals surface area contributed by atoms with Crippen molar-refractivity contribution in [2.24, 2.45) is 0 Å². The van der Waals surface area contributed by atoms with Gasteiger partial charge in [0.1, 0.15) is 11.3 Å². The van der Waals surface area contributed by atoms with Crippen LogP contribution >= 0.6 is 22.9 Å². The smallest absolute Gasteiger partial charge is 0.250 e. The van der Waals surface area contributed by atoms with Crippen molar-refractivity contribution in [3.63, 3.8) is 0 Å². The molecule has 7 heteroatoms. The Morgan fingerprint density at radius 2 is 2.04 bits per heavy atom. The van der Waals surface area contributed by atoms with Crippen LogP contribution in [0.2, 0.25) is 5.02 Å². The predicted molar refractivity (Wildman–Crippen MR) is 88.7 cm³/mol. The number of hydrogen-bond donors (Lipinski definition) is 1. The molecule has 1 aromatic heterocycles. The van der Waals surface area contributed by atoms with Crippen LogP contribution in [0.5, 0.6) is 0 Å². The molecule has 0 spiro atoms. The lowest BCUT2D eigenvalue weighted by atomic mass is 10.2. The highest BCUT2D eigenvalue weighted by Gasteiger charge is 2.11. The molecular weight excluding hydrogens is 342 g/mol. The average Bonchev–Trinajstić information content (AvgIpc) is 2.89. The first-order valence-corrected chi connectivity index (χ1v) is 7.71. The lowest BCUT2D eigenvalue weighted by Crippen LogP contribution is -2.07. The number of anilines is 1. The molecule has 1 amide bonds. The van der Waals surface area contributed by atoms with Crippen LogP contribution in [0.3, 0.4) is 0 Å². The van der Waals surface area contributed by atoms with E-state index in [1.807, 2.05) is 0 Å². The molecule has 0 atom stereocenters. The molecular formula is C16H9ClF2N2OS. The average molecular weight is 351 g/mol. The molecule has 1 heterocycles. The van der Waals surface area contributed by atoms with Gasteiger partial charge in [-0.1, -0.05) is 41.1 Å². The SMILES string of the molecule is O=C(C=Cc1ccccc1Cl)Nc1nc2c(F)cc(F)cc2s1. The summed E-state index contributed by atoms with van der Waals surface area (Å²) < 4.78 is 27.0. The number of nitrogens with zero attached hydrogens (tertiary/aromatic N) is 1. The summed E-state index contributed by atoms with van der Waals surface area (Å²) in [5.41, 5.74) is 0.725. The second-order valence-corrected chi connectivity index (χ2v) is 6.04. The van der Waals surface area contributed by atoms with E-state index in [1.54, 1.807) is 30.3 Å². The number of thiazole rings is 1. The molecule has 3 aromatic rings. The molecule has 2 aromatic carbocycles. The Kier molecular flexibility index (Phi) is 4.36. The van der Waals surface area contributed by atoms with Gasteiger partial charge >= 0.3 is 0 Å². The third-order valence-electron chi connectivity index (χ3n) is 2.96. The quantitative estimate of drug-likeness (QED) is 0.684. The highest BCUT2D eigenvalue weighted by molar-refractivity contribution is 7.22. The number of amides is 1. The van der Waals surface area contributed by atoms with E-state index in [4.69, 9.17) is 11.6 Å². The zero-order valence-electron chi connectivity index (χ0n) is 11.5. The van der Waals surface area contributed by atoms with Gasteiger partial charge in [-0.15, -0.1) is 0 Å². The van der Waals surface area contributed by atoms with Crippen molar-refractivity contribution < 1.29 is 13.6 Å². The molecule has 0 bridgehead atoms. The van der Waals surface area contributed by atoms with Gasteiger partial charge in [0, 0.05) is 17.2 Å². The lowest BCUT2D eigenvalue weighted by molar-refractivity contribution is -0.111. The van der Waals surface area contributed by atoms with Crippen LogP contribution in [0.15, 0.2) is 42.5 Å². The Hall–Kier alpha value is -2.31. The molecule has 0 aliphatic rings. The lowest BCUT2D eigenvalue weighted by Gasteiger charge is -1.97. The summed E-state index contributed by atoms with van der Waals surface area (Å²) in [6.07, 6.45) is 2.86. The molecule has 0 aliphatic heterocycles. The normalized spacial score (nSPS) is 11.3. The van der Waals surface area contributed by atoms with E-state index in [0.29, 0.717) is 15.3 Å². The van der Waals surface area contributed by atoms with E-state index in [0.717, 1.165) is 17.4 Å². The summed E-state index contributed by atoms with van der Waals surface area (Å²) in [6, 6.07) is 8.99. The summed E-state index contributed by atoms with van der Waals surface area (Å²) in [6.45, 7) is 0. The van der Waals surface area contributed by atoms with E-state index in [1.165, 1.54) is 12.1 Å². The number of benzene rings is 2. The third kappa shape index (κ3) is 3.55. The van der Waals surface area contributed by atoms with E-state index < -0.39 is 17.5 Å². The number of carbonyl (C=O) groups is 1. The molecule has 0 saturated carbocycles. The first-order valence-electron chi connectivity index (χ1n) is 6.52. The van der Waals surface area contributed by atoms with Crippen LogP contribution in [0.25, 0.3) is 16.3 Å². The zero-order valence-corrected chi connectivity index (χ0v) is 13.1. The maximum Gasteiger partial charge on any atom is 0.250 e. The Bertz CT molecular complexity index is 924. The molecule has 0 saturated heterocycles. The number of nitrogens with one attached hydrogen (secondary N) is 1. The van der Waals surface area contributed by atoms with E-state index >= 15 is 0 Å². The number of fused-ring (bicyclic) bond motifs is 1. The maximum absolute atomic E-state index is 13.6. The van der Waals surface area contributed by atoms with Gasteiger partial charge in [0.2, 0.25) is 5.91 Å². The van der Waals surface area contributed by atoms with Crippen molar-refractivity contribution in [2.75, 3.05) is 5.32 Å². The third-order valence-corrected chi connectivity index (χ3v) is 4.22. The molecule has 3 rings (SSSR count). The van der Waals surface area contributed by atoms with E-state index in [-0.39, 0.29) is 10.6 Å². The molecule has 3 nitrogen and oxygen atoms in total. The van der Waals surface area contributed by atoms with Crippen LogP contribution in [0.1, 0.15) is 5.56 Å². The van der Waals surface area contributed by atoms with Crippen molar-refractivity contribution >= 4 is 50.3 Å². The highest BCUT2D eigenvalue weighted by atomic mass is 35.5. The standard InChI is InChI=1S/C16H9ClF2N2OS/c17-11-4-2-1-3-9(11)5-6-14(22)20-16-21-15-12(19)7-10(18)8-13(15)23-16/h1-8H,(H,20,21,22). The van der Waals surface area contributed by atoms with Crippen molar-refractivity contribution in [1.82, 2.24) is 4.98 Å². The summed E-state index contributed by atoms with van der Waals surface area (Å²) in [5.74, 6) is -1.89. The minimum absolute atomic E-state index is 0.0294. The van der Waals surface area contributed by atoms with Gasteiger partial charge in [0.25, 0.3) is 0 Å². The maximum atomic E-state index is 13.6. The monoisotopic (exact) mass is 350 g/mol. The van der Waals surface area contributed by atoms with Gasteiger partial charge in [-0.2, -0.15) is 0 Å². The largest absolute Gasteiger partial charge is 0.298 e. The molecule has 1 N–H and O–H groups in total. The molecule has 0 fully saturated rings. The van der Waals surface area contributed by atoms with Crippen LogP contribution in [0, 0.1) is 11.6 Å². The van der Waals surface area contributed by atoms with E-state index in [2.05, 4.69) is 10.3 Å². The van der Waals surface area contributed by atoms with Gasteiger partial charge in [0.05, 0.1) is 4.70 Å². The molecule has 0 radical (unpaired) electrons. The van der Waals surface area contributed by atoms with Crippen molar-refractivity contribution in [2.45, 2.75) is 0 Å². The summed E-state index contributed by atoms with van der Waals surface area (Å²) in [7, 11) is 0. The number of rotatable bonds is 3. The second kappa shape index (κ2) is 6.44. The number of aromatic nitrogens is 1. The molecule has 116 valence electrons. The Labute approximate surface area is 139 Å². The Balaban J connectivity index is 1.78. The van der Waals surface area contributed by atoms with Crippen LogP contribution in [-0.4, -0.2) is 10.9 Å². The second-order valence-electron chi connectivity index (χ2n) is 4.60. The highest BCUT2D eigenvalue weighted by Crippen LogP contribution is 2.28. The number of halogens is 3. The van der Waals surface area contributed by atoms with E-state index in [9.17, 15) is 13.6 Å². The topological polar surface area (TPSA) is 42.0 Å². The van der Waals surface area contributed by atoms with Crippen LogP contribution in [-0.2, 0) is 4.79 Å². The van der Waals surface area contributed by atoms with Gasteiger partial charge in [-0.25, -0.2) is 13.8 Å². The van der Waals surface area contributed by atoms with Crippen molar-refractivity contribution in [1.29, 1.82) is 0 Å². The molecule has 23 heavy (non-hydrogen) atoms. The van der Waals surface area contributed by atoms with Crippen LogP contribution in [0.4, 0.5) is 13.9 Å². The van der Waals surface area contributed by atoms with Gasteiger partial charge in [0.15, 0.2) is 10.9 Å². The Morgan fingerprint density at radius 1 is 1.26 bits per heavy atom. The first kappa shape index (κ1) is 15.6. The fourth-order valence-electron chi connectivity index (χ4n) is 1.93. The van der Waals surface area contributed by atoms with Crippen molar-refractivity contribution in [3.8, 4) is 0 Å². The first-order chi connectivity index (χ1) is 11.0. The fraction of sp³-hybridized carbons (Fsp3) is 0. The summed E-state index contributed by atoms with van der Waals surface area (Å²) >= 11 is 6.98. The fourth-order valence-corrected chi connectivity index (χ4v) is 3.04. The molecule has 0 aliphatic carbocycles.